The Balaban J connectivity index is 2.47. The molecular weight excluding hydrogens is 311 g/mol. The third-order valence-electron chi connectivity index (χ3n) is 3.23. The first-order chi connectivity index (χ1) is 10.6. The van der Waals surface area contributed by atoms with Gasteiger partial charge in [0.1, 0.15) is 6.54 Å². The number of rotatable bonds is 6. The number of nitrogens with one attached hydrogen (secondary N) is 2. The van der Waals surface area contributed by atoms with Crippen molar-refractivity contribution >= 4 is 17.5 Å². The number of halogens is 3. The quantitative estimate of drug-likeness (QED) is 0.837. The molecule has 0 aliphatic carbocycles. The molecule has 1 atom stereocenters. The minimum absolute atomic E-state index is 0.117. The van der Waals surface area contributed by atoms with Gasteiger partial charge in [-0.2, -0.15) is 13.2 Å². The van der Waals surface area contributed by atoms with Crippen LogP contribution in [0.15, 0.2) is 24.3 Å². The zero-order valence-electron chi connectivity index (χ0n) is 13.2. The standard InChI is InChI=1S/C15H20F3N3O2/c1-10-4-6-12(7-5-10)20-13(22)8-21(3)11(2)14(23)19-9-15(16,17)18/h4-7,11H,8-9H2,1-3H3,(H,19,23)(H,20,22)/t11-/m1/s1. The van der Waals surface area contributed by atoms with Crippen LogP contribution in [-0.2, 0) is 9.59 Å². The summed E-state index contributed by atoms with van der Waals surface area (Å²) < 4.78 is 36.2. The van der Waals surface area contributed by atoms with Crippen LogP contribution < -0.4 is 10.6 Å². The molecule has 23 heavy (non-hydrogen) atoms. The highest BCUT2D eigenvalue weighted by Crippen LogP contribution is 2.12. The summed E-state index contributed by atoms with van der Waals surface area (Å²) in [5.41, 5.74) is 1.67. The molecule has 0 bridgehead atoms. The summed E-state index contributed by atoms with van der Waals surface area (Å²) in [6.45, 7) is 1.85. The summed E-state index contributed by atoms with van der Waals surface area (Å²) in [6.07, 6.45) is -4.46. The molecule has 0 fully saturated rings. The zero-order valence-corrected chi connectivity index (χ0v) is 13.2. The first-order valence-corrected chi connectivity index (χ1v) is 6.99. The summed E-state index contributed by atoms with van der Waals surface area (Å²) >= 11 is 0. The molecule has 0 saturated carbocycles. The summed E-state index contributed by atoms with van der Waals surface area (Å²) in [4.78, 5) is 24.9. The zero-order chi connectivity index (χ0) is 17.6. The summed E-state index contributed by atoms with van der Waals surface area (Å²) in [7, 11) is 1.49. The van der Waals surface area contributed by atoms with Crippen molar-refractivity contribution in [3.63, 3.8) is 0 Å². The number of nitrogens with zero attached hydrogens (tertiary/aromatic N) is 1. The molecule has 0 aliphatic rings. The average Bonchev–Trinajstić information content (AvgIpc) is 2.45. The number of carbonyl (C=O) groups is 2. The van der Waals surface area contributed by atoms with E-state index in [-0.39, 0.29) is 12.5 Å². The van der Waals surface area contributed by atoms with Gasteiger partial charge in [0.05, 0.1) is 12.6 Å². The summed E-state index contributed by atoms with van der Waals surface area (Å²) in [5.74, 6) is -1.14. The van der Waals surface area contributed by atoms with E-state index in [0.29, 0.717) is 5.69 Å². The first kappa shape index (κ1) is 19.0. The van der Waals surface area contributed by atoms with Gasteiger partial charge in [0, 0.05) is 5.69 Å². The Hall–Kier alpha value is -2.09. The number of likely N-dealkylation sites (N-methyl/N-ethyl adjacent to an activating group) is 1. The highest BCUT2D eigenvalue weighted by atomic mass is 19.4. The number of carbonyl (C=O) groups excluding carboxylic acids is 2. The van der Waals surface area contributed by atoms with Crippen molar-refractivity contribution in [1.29, 1.82) is 0 Å². The molecule has 1 rings (SSSR count). The summed E-state index contributed by atoms with van der Waals surface area (Å²) in [5, 5.41) is 4.45. The Kier molecular flexibility index (Phi) is 6.56. The third-order valence-corrected chi connectivity index (χ3v) is 3.23. The van der Waals surface area contributed by atoms with Gasteiger partial charge in [-0.3, -0.25) is 14.5 Å². The molecule has 0 aliphatic heterocycles. The van der Waals surface area contributed by atoms with Crippen molar-refractivity contribution in [3.8, 4) is 0 Å². The number of hydrogen-bond acceptors (Lipinski definition) is 3. The van der Waals surface area contributed by atoms with E-state index >= 15 is 0 Å². The second-order valence-electron chi connectivity index (χ2n) is 5.34. The fraction of sp³-hybridized carbons (Fsp3) is 0.467. The second kappa shape index (κ2) is 7.96. The molecule has 0 spiro atoms. The van der Waals surface area contributed by atoms with E-state index in [9.17, 15) is 22.8 Å². The molecule has 0 heterocycles. The predicted octanol–water partition coefficient (Wildman–Crippen LogP) is 1.93. The molecular formula is C15H20F3N3O2. The fourth-order valence-corrected chi connectivity index (χ4v) is 1.74. The van der Waals surface area contributed by atoms with Crippen molar-refractivity contribution in [2.45, 2.75) is 26.1 Å². The van der Waals surface area contributed by atoms with Gasteiger partial charge >= 0.3 is 6.18 Å². The maximum absolute atomic E-state index is 12.1. The van der Waals surface area contributed by atoms with E-state index in [1.165, 1.54) is 18.9 Å². The molecule has 5 nitrogen and oxygen atoms in total. The van der Waals surface area contributed by atoms with Crippen molar-refractivity contribution in [2.24, 2.45) is 0 Å². The van der Waals surface area contributed by atoms with Crippen LogP contribution in [-0.4, -0.2) is 49.1 Å². The lowest BCUT2D eigenvalue weighted by molar-refractivity contribution is -0.141. The Morgan fingerprint density at radius 3 is 2.30 bits per heavy atom. The molecule has 1 aromatic carbocycles. The summed E-state index contributed by atoms with van der Waals surface area (Å²) in [6, 6.07) is 6.31. The molecule has 2 N–H and O–H groups in total. The lowest BCUT2D eigenvalue weighted by atomic mass is 10.2. The van der Waals surface area contributed by atoms with Gasteiger partial charge in [0.25, 0.3) is 0 Å². The van der Waals surface area contributed by atoms with Crippen LogP contribution in [0.3, 0.4) is 0 Å². The number of aryl methyl sites for hydroxylation is 1. The van der Waals surface area contributed by atoms with E-state index in [1.54, 1.807) is 17.4 Å². The number of amides is 2. The number of anilines is 1. The van der Waals surface area contributed by atoms with Gasteiger partial charge < -0.3 is 10.6 Å². The normalized spacial score (nSPS) is 12.8. The van der Waals surface area contributed by atoms with Crippen LogP contribution in [0.2, 0.25) is 0 Å². The molecule has 2 amide bonds. The monoisotopic (exact) mass is 331 g/mol. The van der Waals surface area contributed by atoms with E-state index < -0.39 is 24.7 Å². The van der Waals surface area contributed by atoms with Gasteiger partial charge in [-0.05, 0) is 33.0 Å². The molecule has 0 aromatic heterocycles. The van der Waals surface area contributed by atoms with Gasteiger partial charge in [0.15, 0.2) is 0 Å². The number of benzene rings is 1. The van der Waals surface area contributed by atoms with Crippen LogP contribution in [0.25, 0.3) is 0 Å². The molecule has 1 aromatic rings. The smallest absolute Gasteiger partial charge is 0.346 e. The Morgan fingerprint density at radius 1 is 1.22 bits per heavy atom. The second-order valence-corrected chi connectivity index (χ2v) is 5.34. The van der Waals surface area contributed by atoms with Crippen molar-refractivity contribution in [3.05, 3.63) is 29.8 Å². The van der Waals surface area contributed by atoms with Crippen molar-refractivity contribution in [1.82, 2.24) is 10.2 Å². The van der Waals surface area contributed by atoms with Gasteiger partial charge in [-0.25, -0.2) is 0 Å². The molecule has 0 saturated heterocycles. The molecule has 0 unspecified atom stereocenters. The minimum Gasteiger partial charge on any atom is -0.346 e. The van der Waals surface area contributed by atoms with Crippen LogP contribution in [0.1, 0.15) is 12.5 Å². The average molecular weight is 331 g/mol. The van der Waals surface area contributed by atoms with Gasteiger partial charge in [0.2, 0.25) is 11.8 Å². The van der Waals surface area contributed by atoms with Crippen molar-refractivity contribution in [2.75, 3.05) is 25.5 Å². The molecule has 0 radical (unpaired) electrons. The van der Waals surface area contributed by atoms with Crippen LogP contribution in [0.4, 0.5) is 18.9 Å². The lowest BCUT2D eigenvalue weighted by Gasteiger charge is -2.23. The first-order valence-electron chi connectivity index (χ1n) is 6.99. The van der Waals surface area contributed by atoms with Crippen molar-refractivity contribution < 1.29 is 22.8 Å². The SMILES string of the molecule is Cc1ccc(NC(=O)CN(C)[C@H](C)C(=O)NCC(F)(F)F)cc1. The molecule has 128 valence electrons. The Morgan fingerprint density at radius 2 is 1.78 bits per heavy atom. The number of alkyl halides is 3. The van der Waals surface area contributed by atoms with Gasteiger partial charge in [-0.1, -0.05) is 17.7 Å². The fourth-order valence-electron chi connectivity index (χ4n) is 1.74. The minimum atomic E-state index is -4.46. The van der Waals surface area contributed by atoms with Crippen LogP contribution in [0.5, 0.6) is 0 Å². The third kappa shape index (κ3) is 7.14. The maximum atomic E-state index is 12.1. The maximum Gasteiger partial charge on any atom is 0.405 e. The van der Waals surface area contributed by atoms with Crippen LogP contribution >= 0.6 is 0 Å². The molecule has 8 heteroatoms. The van der Waals surface area contributed by atoms with E-state index in [4.69, 9.17) is 0 Å². The van der Waals surface area contributed by atoms with Crippen LogP contribution in [0, 0.1) is 6.92 Å². The predicted molar refractivity (Wildman–Crippen MR) is 81.0 cm³/mol. The Bertz CT molecular complexity index is 544. The lowest BCUT2D eigenvalue weighted by Crippen LogP contribution is -2.47. The topological polar surface area (TPSA) is 61.4 Å². The van der Waals surface area contributed by atoms with E-state index in [1.807, 2.05) is 19.1 Å². The van der Waals surface area contributed by atoms with Gasteiger partial charge in [-0.15, -0.1) is 0 Å². The number of hydrogen-bond donors (Lipinski definition) is 2. The largest absolute Gasteiger partial charge is 0.405 e. The van der Waals surface area contributed by atoms with E-state index in [2.05, 4.69) is 5.32 Å². The van der Waals surface area contributed by atoms with E-state index in [0.717, 1.165) is 5.56 Å². The Labute approximate surface area is 132 Å². The highest BCUT2D eigenvalue weighted by Gasteiger charge is 2.29. The highest BCUT2D eigenvalue weighted by molar-refractivity contribution is 5.92.